The zero-order valence-electron chi connectivity index (χ0n) is 12.0. The molecule has 0 fully saturated rings. The number of hydrogen-bond donors (Lipinski definition) is 1. The highest BCUT2D eigenvalue weighted by molar-refractivity contribution is 5.70. The number of aromatic nitrogens is 3. The third kappa shape index (κ3) is 1.91. The molecule has 0 spiro atoms. The summed E-state index contributed by atoms with van der Waals surface area (Å²) >= 11 is 0. The first-order valence-corrected chi connectivity index (χ1v) is 6.80. The van der Waals surface area contributed by atoms with Crippen molar-refractivity contribution in [2.24, 2.45) is 7.05 Å². The molecule has 1 aliphatic heterocycles. The van der Waals surface area contributed by atoms with E-state index in [1.54, 1.807) is 0 Å². The highest BCUT2D eigenvalue weighted by Gasteiger charge is 2.30. The first-order valence-electron chi connectivity index (χ1n) is 6.80. The molecule has 1 aliphatic rings. The Labute approximate surface area is 113 Å². The SMILES string of the molecule is CCC1(C)Cc2cc(-c3c(C)nnn3C)ccc2N1. The predicted octanol–water partition coefficient (Wildman–Crippen LogP) is 2.93. The monoisotopic (exact) mass is 256 g/mol. The van der Waals surface area contributed by atoms with Crippen molar-refractivity contribution in [2.45, 2.75) is 39.2 Å². The van der Waals surface area contributed by atoms with Gasteiger partial charge < -0.3 is 5.32 Å². The van der Waals surface area contributed by atoms with Crippen LogP contribution in [-0.2, 0) is 13.5 Å². The molecule has 1 aromatic heterocycles. The zero-order valence-corrected chi connectivity index (χ0v) is 12.0. The molecule has 2 aromatic rings. The van der Waals surface area contributed by atoms with Crippen molar-refractivity contribution in [2.75, 3.05) is 5.32 Å². The lowest BCUT2D eigenvalue weighted by molar-refractivity contribution is 0.515. The maximum atomic E-state index is 4.13. The van der Waals surface area contributed by atoms with Crippen molar-refractivity contribution in [3.63, 3.8) is 0 Å². The summed E-state index contributed by atoms with van der Waals surface area (Å²) in [5.74, 6) is 0. The van der Waals surface area contributed by atoms with E-state index in [0.29, 0.717) is 0 Å². The lowest BCUT2D eigenvalue weighted by atomic mass is 9.94. The fourth-order valence-corrected chi connectivity index (χ4v) is 2.87. The van der Waals surface area contributed by atoms with Gasteiger partial charge in [0.25, 0.3) is 0 Å². The van der Waals surface area contributed by atoms with Gasteiger partial charge in [-0.2, -0.15) is 0 Å². The molecule has 1 unspecified atom stereocenters. The van der Waals surface area contributed by atoms with E-state index < -0.39 is 0 Å². The number of aryl methyl sites for hydroxylation is 2. The summed E-state index contributed by atoms with van der Waals surface area (Å²) in [6, 6.07) is 6.60. The predicted molar refractivity (Wildman–Crippen MR) is 77.2 cm³/mol. The number of anilines is 1. The Balaban J connectivity index is 2.04. The number of fused-ring (bicyclic) bond motifs is 1. The fourth-order valence-electron chi connectivity index (χ4n) is 2.87. The fraction of sp³-hybridized carbons (Fsp3) is 0.467. The van der Waals surface area contributed by atoms with Gasteiger partial charge in [0.05, 0.1) is 11.4 Å². The van der Waals surface area contributed by atoms with Crippen LogP contribution in [0.5, 0.6) is 0 Å². The van der Waals surface area contributed by atoms with Gasteiger partial charge in [-0.3, -0.25) is 0 Å². The minimum Gasteiger partial charge on any atom is -0.379 e. The number of rotatable bonds is 2. The van der Waals surface area contributed by atoms with Crippen LogP contribution in [0.15, 0.2) is 18.2 Å². The molecule has 0 saturated carbocycles. The summed E-state index contributed by atoms with van der Waals surface area (Å²) in [4.78, 5) is 0. The van der Waals surface area contributed by atoms with Gasteiger partial charge in [0.2, 0.25) is 0 Å². The average Bonchev–Trinajstić information content (AvgIpc) is 2.89. The lowest BCUT2D eigenvalue weighted by Crippen LogP contribution is -2.30. The van der Waals surface area contributed by atoms with Gasteiger partial charge in [-0.15, -0.1) is 5.10 Å². The maximum Gasteiger partial charge on any atom is 0.0911 e. The van der Waals surface area contributed by atoms with Crippen molar-refractivity contribution >= 4 is 5.69 Å². The van der Waals surface area contributed by atoms with Gasteiger partial charge in [0, 0.05) is 23.8 Å². The standard InChI is InChI=1S/C15H20N4/c1-5-15(3)9-12-8-11(6-7-13(12)16-15)14-10(2)17-18-19(14)4/h6-8,16H,5,9H2,1-4H3. The van der Waals surface area contributed by atoms with Crippen LogP contribution in [-0.4, -0.2) is 20.5 Å². The molecule has 3 rings (SSSR count). The Kier molecular flexibility index (Phi) is 2.62. The highest BCUT2D eigenvalue weighted by atomic mass is 15.4. The molecular formula is C15H20N4. The molecule has 1 atom stereocenters. The van der Waals surface area contributed by atoms with E-state index in [9.17, 15) is 0 Å². The normalized spacial score (nSPS) is 21.3. The van der Waals surface area contributed by atoms with Gasteiger partial charge in [-0.1, -0.05) is 18.2 Å². The molecule has 0 amide bonds. The smallest absolute Gasteiger partial charge is 0.0911 e. The van der Waals surface area contributed by atoms with Crippen LogP contribution < -0.4 is 5.32 Å². The summed E-state index contributed by atoms with van der Waals surface area (Å²) in [7, 11) is 1.94. The Hall–Kier alpha value is -1.84. The molecule has 0 saturated heterocycles. The molecule has 100 valence electrons. The molecule has 2 heterocycles. The number of hydrogen-bond acceptors (Lipinski definition) is 3. The summed E-state index contributed by atoms with van der Waals surface area (Å²) in [5, 5.41) is 11.8. The van der Waals surface area contributed by atoms with Crippen molar-refractivity contribution in [1.82, 2.24) is 15.0 Å². The number of nitrogens with one attached hydrogen (secondary N) is 1. The third-order valence-corrected chi connectivity index (χ3v) is 4.17. The van der Waals surface area contributed by atoms with Gasteiger partial charge >= 0.3 is 0 Å². The topological polar surface area (TPSA) is 42.7 Å². The van der Waals surface area contributed by atoms with Crippen molar-refractivity contribution in [1.29, 1.82) is 0 Å². The van der Waals surface area contributed by atoms with Crippen molar-refractivity contribution in [3.05, 3.63) is 29.5 Å². The first kappa shape index (κ1) is 12.2. The van der Waals surface area contributed by atoms with E-state index in [2.05, 4.69) is 47.7 Å². The molecule has 19 heavy (non-hydrogen) atoms. The van der Waals surface area contributed by atoms with Crippen molar-refractivity contribution < 1.29 is 0 Å². The van der Waals surface area contributed by atoms with Gasteiger partial charge in [0.1, 0.15) is 0 Å². The summed E-state index contributed by atoms with van der Waals surface area (Å²) in [6.45, 7) is 6.52. The first-order chi connectivity index (χ1) is 9.02. The van der Waals surface area contributed by atoms with Crippen molar-refractivity contribution in [3.8, 4) is 11.3 Å². The molecule has 0 radical (unpaired) electrons. The molecule has 4 heteroatoms. The number of nitrogens with zero attached hydrogens (tertiary/aromatic N) is 3. The minimum atomic E-state index is 0.195. The molecule has 4 nitrogen and oxygen atoms in total. The molecule has 1 N–H and O–H groups in total. The lowest BCUT2D eigenvalue weighted by Gasteiger charge is -2.22. The quantitative estimate of drug-likeness (QED) is 0.898. The van der Waals surface area contributed by atoms with Crippen LogP contribution in [0.25, 0.3) is 11.3 Å². The third-order valence-electron chi connectivity index (χ3n) is 4.17. The summed E-state index contributed by atoms with van der Waals surface area (Å²) < 4.78 is 1.85. The largest absolute Gasteiger partial charge is 0.379 e. The Bertz CT molecular complexity index is 610. The Morgan fingerprint density at radius 3 is 2.84 bits per heavy atom. The van der Waals surface area contributed by atoms with Crippen LogP contribution >= 0.6 is 0 Å². The molecule has 1 aromatic carbocycles. The molecule has 0 bridgehead atoms. The van der Waals surface area contributed by atoms with E-state index in [4.69, 9.17) is 0 Å². The Morgan fingerprint density at radius 1 is 1.42 bits per heavy atom. The van der Waals surface area contributed by atoms with Gasteiger partial charge in [-0.25, -0.2) is 4.68 Å². The Morgan fingerprint density at radius 2 is 2.21 bits per heavy atom. The van der Waals surface area contributed by atoms with Crippen LogP contribution in [0.4, 0.5) is 5.69 Å². The highest BCUT2D eigenvalue weighted by Crippen LogP contribution is 2.36. The molecular weight excluding hydrogens is 236 g/mol. The second-order valence-corrected chi connectivity index (χ2v) is 5.73. The van der Waals surface area contributed by atoms with E-state index >= 15 is 0 Å². The van der Waals surface area contributed by atoms with Crippen LogP contribution in [0, 0.1) is 6.92 Å². The average molecular weight is 256 g/mol. The van der Waals surface area contributed by atoms with Crippen LogP contribution in [0.1, 0.15) is 31.5 Å². The molecule has 0 aliphatic carbocycles. The summed E-state index contributed by atoms with van der Waals surface area (Å²) in [6.07, 6.45) is 2.21. The van der Waals surface area contributed by atoms with Crippen LogP contribution in [0.2, 0.25) is 0 Å². The van der Waals surface area contributed by atoms with Gasteiger partial charge in [0.15, 0.2) is 0 Å². The van der Waals surface area contributed by atoms with Gasteiger partial charge in [-0.05, 0) is 44.4 Å². The summed E-state index contributed by atoms with van der Waals surface area (Å²) in [5.41, 5.74) is 6.13. The van der Waals surface area contributed by atoms with Crippen LogP contribution in [0.3, 0.4) is 0 Å². The van der Waals surface area contributed by atoms with E-state index in [1.807, 2.05) is 18.7 Å². The second kappa shape index (κ2) is 4.08. The minimum absolute atomic E-state index is 0.195. The zero-order chi connectivity index (χ0) is 13.6. The maximum absolute atomic E-state index is 4.13. The van der Waals surface area contributed by atoms with E-state index in [0.717, 1.165) is 24.2 Å². The van der Waals surface area contributed by atoms with E-state index in [-0.39, 0.29) is 5.54 Å². The second-order valence-electron chi connectivity index (χ2n) is 5.73. The van der Waals surface area contributed by atoms with E-state index in [1.165, 1.54) is 16.8 Å². The number of benzene rings is 1.